The van der Waals surface area contributed by atoms with Gasteiger partial charge in [0.05, 0.1) is 6.04 Å². The Morgan fingerprint density at radius 3 is 2.84 bits per heavy atom. The van der Waals surface area contributed by atoms with Gasteiger partial charge in [0.1, 0.15) is 0 Å². The van der Waals surface area contributed by atoms with Crippen molar-refractivity contribution in [2.24, 2.45) is 0 Å². The summed E-state index contributed by atoms with van der Waals surface area (Å²) in [5.41, 5.74) is 1.40. The van der Waals surface area contributed by atoms with Gasteiger partial charge in [-0.2, -0.15) is 0 Å². The predicted octanol–water partition coefficient (Wildman–Crippen LogP) is 2.38. The van der Waals surface area contributed by atoms with Crippen molar-refractivity contribution in [1.29, 1.82) is 0 Å². The predicted molar refractivity (Wildman–Crippen MR) is 93.2 cm³/mol. The summed E-state index contributed by atoms with van der Waals surface area (Å²) in [6.45, 7) is 1.02. The van der Waals surface area contributed by atoms with E-state index in [1.807, 2.05) is 18.2 Å². The van der Waals surface area contributed by atoms with E-state index < -0.39 is 5.76 Å². The van der Waals surface area contributed by atoms with Crippen LogP contribution in [0.4, 0.5) is 5.69 Å². The maximum atomic E-state index is 12.8. The van der Waals surface area contributed by atoms with Gasteiger partial charge in [0.25, 0.3) is 0 Å². The maximum absolute atomic E-state index is 12.8. The van der Waals surface area contributed by atoms with Gasteiger partial charge in [0.15, 0.2) is 5.82 Å². The van der Waals surface area contributed by atoms with Crippen molar-refractivity contribution in [1.82, 2.24) is 15.0 Å². The molecule has 7 nitrogen and oxygen atoms in total. The molecule has 2 aliphatic rings. The van der Waals surface area contributed by atoms with Gasteiger partial charge < -0.3 is 5.32 Å². The monoisotopic (exact) mass is 342 g/mol. The minimum absolute atomic E-state index is 0.0430. The fraction of sp³-hybridized carbons (Fsp3) is 0.500. The van der Waals surface area contributed by atoms with E-state index in [9.17, 15) is 9.59 Å². The Balaban J connectivity index is 1.48. The summed E-state index contributed by atoms with van der Waals surface area (Å²) in [5.74, 6) is -0.188. The van der Waals surface area contributed by atoms with E-state index in [4.69, 9.17) is 0 Å². The summed E-state index contributed by atoms with van der Waals surface area (Å²) < 4.78 is 4.54. The zero-order valence-electron chi connectivity index (χ0n) is 14.0. The van der Waals surface area contributed by atoms with E-state index in [2.05, 4.69) is 24.9 Å². The maximum Gasteiger partial charge on any atom is 0.439 e. The molecule has 7 heteroatoms. The van der Waals surface area contributed by atoms with Crippen LogP contribution in [0.2, 0.25) is 0 Å². The molecule has 2 fully saturated rings. The molecule has 25 heavy (non-hydrogen) atoms. The quantitative estimate of drug-likeness (QED) is 0.890. The second kappa shape index (κ2) is 6.84. The van der Waals surface area contributed by atoms with Crippen LogP contribution in [0.1, 0.15) is 38.5 Å². The summed E-state index contributed by atoms with van der Waals surface area (Å²) in [4.78, 5) is 28.8. The molecule has 4 rings (SSSR count). The number of carbonyl (C=O) groups is 1. The zero-order chi connectivity index (χ0) is 17.2. The van der Waals surface area contributed by atoms with Crippen LogP contribution in [0.3, 0.4) is 0 Å². The number of H-pyrrole nitrogens is 1. The first-order valence-corrected chi connectivity index (χ1v) is 8.94. The zero-order valence-corrected chi connectivity index (χ0v) is 14.0. The van der Waals surface area contributed by atoms with Crippen molar-refractivity contribution in [3.8, 4) is 11.4 Å². The smallest absolute Gasteiger partial charge is 0.325 e. The summed E-state index contributed by atoms with van der Waals surface area (Å²) in [6.07, 6.45) is 6.95. The Bertz CT molecular complexity index is 806. The minimum Gasteiger partial charge on any atom is -0.325 e. The van der Waals surface area contributed by atoms with Gasteiger partial charge >= 0.3 is 5.76 Å². The van der Waals surface area contributed by atoms with Gasteiger partial charge in [0, 0.05) is 17.3 Å². The van der Waals surface area contributed by atoms with Crippen molar-refractivity contribution in [2.75, 3.05) is 11.9 Å². The molecule has 0 radical (unpaired) electrons. The summed E-state index contributed by atoms with van der Waals surface area (Å²) in [5, 5.41) is 6.71. The van der Waals surface area contributed by atoms with Gasteiger partial charge in [-0.1, -0.05) is 30.1 Å². The Hall–Kier alpha value is -2.41. The Labute approximate surface area is 145 Å². The van der Waals surface area contributed by atoms with E-state index in [1.54, 1.807) is 6.07 Å². The molecule has 1 saturated heterocycles. The van der Waals surface area contributed by atoms with Crippen LogP contribution in [-0.2, 0) is 4.79 Å². The fourth-order valence-electron chi connectivity index (χ4n) is 4.07. The van der Waals surface area contributed by atoms with Crippen LogP contribution < -0.4 is 11.1 Å². The van der Waals surface area contributed by atoms with Crippen molar-refractivity contribution < 1.29 is 9.32 Å². The molecule has 0 unspecified atom stereocenters. The first-order valence-electron chi connectivity index (χ1n) is 8.94. The highest BCUT2D eigenvalue weighted by atomic mass is 16.5. The Kier molecular flexibility index (Phi) is 4.40. The average molecular weight is 342 g/mol. The summed E-state index contributed by atoms with van der Waals surface area (Å²) in [6, 6.07) is 7.78. The number of amides is 1. The number of nitrogens with zero attached hydrogens (tertiary/aromatic N) is 2. The normalized spacial score (nSPS) is 21.7. The van der Waals surface area contributed by atoms with Gasteiger partial charge in [-0.3, -0.25) is 19.2 Å². The highest BCUT2D eigenvalue weighted by Crippen LogP contribution is 2.30. The van der Waals surface area contributed by atoms with Crippen LogP contribution in [0.25, 0.3) is 11.4 Å². The number of carbonyl (C=O) groups excluding carboxylic acids is 1. The first-order chi connectivity index (χ1) is 12.2. The van der Waals surface area contributed by atoms with Crippen LogP contribution in [0.15, 0.2) is 33.6 Å². The average Bonchev–Trinajstić information content (AvgIpc) is 3.36. The summed E-state index contributed by atoms with van der Waals surface area (Å²) >= 11 is 0. The number of aromatic nitrogens is 2. The third-order valence-electron chi connectivity index (χ3n) is 5.23. The lowest BCUT2D eigenvalue weighted by molar-refractivity contribution is -0.121. The fourth-order valence-corrected chi connectivity index (χ4v) is 4.07. The second-order valence-electron chi connectivity index (χ2n) is 6.85. The minimum atomic E-state index is -0.595. The Morgan fingerprint density at radius 2 is 2.08 bits per heavy atom. The summed E-state index contributed by atoms with van der Waals surface area (Å²) in [7, 11) is 0. The van der Waals surface area contributed by atoms with Crippen LogP contribution in [0, 0.1) is 0 Å². The third kappa shape index (κ3) is 3.37. The number of hydrogen-bond acceptors (Lipinski definition) is 5. The van der Waals surface area contributed by atoms with Crippen LogP contribution in [0.5, 0.6) is 0 Å². The van der Waals surface area contributed by atoms with E-state index in [-0.39, 0.29) is 11.9 Å². The van der Waals surface area contributed by atoms with E-state index in [0.717, 1.165) is 19.4 Å². The molecule has 0 bridgehead atoms. The van der Waals surface area contributed by atoms with Crippen molar-refractivity contribution >= 4 is 11.6 Å². The van der Waals surface area contributed by atoms with Crippen molar-refractivity contribution in [3.63, 3.8) is 0 Å². The number of hydrogen-bond donors (Lipinski definition) is 2. The number of anilines is 1. The molecular weight excluding hydrogens is 320 g/mol. The molecule has 0 spiro atoms. The molecule has 1 saturated carbocycles. The number of nitrogens with one attached hydrogen (secondary N) is 2. The number of aromatic amines is 1. The van der Waals surface area contributed by atoms with Gasteiger partial charge in [0.2, 0.25) is 5.91 Å². The lowest BCUT2D eigenvalue weighted by Gasteiger charge is -2.29. The molecule has 1 aromatic heterocycles. The topological polar surface area (TPSA) is 91.2 Å². The molecular formula is C18H22N4O3. The molecule has 2 heterocycles. The highest BCUT2D eigenvalue weighted by Gasteiger charge is 2.36. The molecule has 1 aromatic carbocycles. The molecule has 1 aliphatic heterocycles. The van der Waals surface area contributed by atoms with Gasteiger partial charge in [-0.15, -0.1) is 0 Å². The molecule has 2 N–H and O–H groups in total. The van der Waals surface area contributed by atoms with Crippen molar-refractivity contribution in [2.45, 2.75) is 50.6 Å². The standard InChI is InChI=1S/C18H22N4O3/c23-17(15-9-4-10-22(15)14-7-1-2-8-14)19-13-6-3-5-12(11-13)16-20-18(24)25-21-16/h3,5-6,11,14-15H,1-2,4,7-10H2,(H,19,23)(H,20,21,24)/t15-/m0/s1. The SMILES string of the molecule is O=C(Nc1cccc(-c2noc(=O)[nH]2)c1)[C@@H]1CCCN1C1CCCC1. The van der Waals surface area contributed by atoms with Crippen LogP contribution in [-0.4, -0.2) is 39.6 Å². The number of rotatable bonds is 4. The molecule has 1 aliphatic carbocycles. The van der Waals surface area contributed by atoms with Crippen molar-refractivity contribution in [3.05, 3.63) is 34.8 Å². The van der Waals surface area contributed by atoms with Crippen LogP contribution >= 0.6 is 0 Å². The first kappa shape index (κ1) is 16.1. The second-order valence-corrected chi connectivity index (χ2v) is 6.85. The highest BCUT2D eigenvalue weighted by molar-refractivity contribution is 5.95. The molecule has 132 valence electrons. The lowest BCUT2D eigenvalue weighted by atomic mass is 10.1. The molecule has 2 aromatic rings. The van der Waals surface area contributed by atoms with Gasteiger partial charge in [-0.25, -0.2) is 4.79 Å². The number of benzene rings is 1. The largest absolute Gasteiger partial charge is 0.439 e. The molecule has 1 atom stereocenters. The Morgan fingerprint density at radius 1 is 1.24 bits per heavy atom. The van der Waals surface area contributed by atoms with E-state index >= 15 is 0 Å². The van der Waals surface area contributed by atoms with E-state index in [1.165, 1.54) is 25.7 Å². The van der Waals surface area contributed by atoms with Gasteiger partial charge in [-0.05, 0) is 44.4 Å². The van der Waals surface area contributed by atoms with E-state index in [0.29, 0.717) is 23.1 Å². The third-order valence-corrected chi connectivity index (χ3v) is 5.23. The lowest BCUT2D eigenvalue weighted by Crippen LogP contribution is -2.44. The number of likely N-dealkylation sites (tertiary alicyclic amines) is 1. The molecule has 1 amide bonds.